The number of aromatic nitrogens is 3. The lowest BCUT2D eigenvalue weighted by Gasteiger charge is -1.99. The molecular weight excluding hydrogens is 257 g/mol. The second-order valence-electron chi connectivity index (χ2n) is 3.45. The number of hydrogen-bond acceptors (Lipinski definition) is 6. The number of ether oxygens (including phenoxy) is 2. The number of rotatable bonds is 4. The van der Waals surface area contributed by atoms with E-state index in [9.17, 15) is 14.4 Å². The van der Waals surface area contributed by atoms with Crippen molar-refractivity contribution in [3.05, 3.63) is 30.1 Å². The smallest absolute Gasteiger partial charge is 0.344 e. The maximum absolute atomic E-state index is 13.5. The molecule has 0 bridgehead atoms. The molecule has 0 unspecified atom stereocenters. The molecule has 19 heavy (non-hydrogen) atoms. The van der Waals surface area contributed by atoms with Gasteiger partial charge in [-0.25, -0.2) is 9.18 Å². The second kappa shape index (κ2) is 5.34. The Balaban J connectivity index is 2.22. The minimum Gasteiger partial charge on any atom is -0.466 e. The molecule has 1 aromatic heterocycles. The van der Waals surface area contributed by atoms with Crippen LogP contribution in [0.15, 0.2) is 24.3 Å². The Kier molecular flexibility index (Phi) is 3.60. The second-order valence-corrected chi connectivity index (χ2v) is 3.45. The summed E-state index contributed by atoms with van der Waals surface area (Å²) in [4.78, 5) is 15.0. The Morgan fingerprint density at radius 3 is 2.89 bits per heavy atom. The molecule has 2 rings (SSSR count). The molecule has 0 aliphatic rings. The maximum Gasteiger partial charge on any atom is 0.344 e. The molecule has 0 aliphatic carbocycles. The minimum atomic E-state index is -0.623. The first-order valence-corrected chi connectivity index (χ1v) is 5.22. The van der Waals surface area contributed by atoms with Crippen LogP contribution in [0.3, 0.4) is 0 Å². The Morgan fingerprint density at radius 1 is 1.47 bits per heavy atom. The molecule has 8 heteroatoms. The number of benzene rings is 1. The Bertz CT molecular complexity index is 599. The van der Waals surface area contributed by atoms with Crippen molar-refractivity contribution in [3.8, 4) is 17.4 Å². The van der Waals surface area contributed by atoms with E-state index in [0.29, 0.717) is 4.85 Å². The van der Waals surface area contributed by atoms with Crippen LogP contribution in [0.4, 0.5) is 4.39 Å². The van der Waals surface area contributed by atoms with Gasteiger partial charge in [-0.05, 0) is 12.1 Å². The van der Waals surface area contributed by atoms with E-state index in [1.54, 1.807) is 6.07 Å². The summed E-state index contributed by atoms with van der Waals surface area (Å²) in [6.45, 7) is -0.406. The summed E-state index contributed by atoms with van der Waals surface area (Å²) >= 11 is 0. The molecule has 1 heterocycles. The number of carbonyl (C=O) groups is 1. The van der Waals surface area contributed by atoms with Crippen LogP contribution in [0.25, 0.3) is 11.4 Å². The van der Waals surface area contributed by atoms with E-state index in [-0.39, 0.29) is 17.4 Å². The van der Waals surface area contributed by atoms with Crippen molar-refractivity contribution < 1.29 is 23.9 Å². The van der Waals surface area contributed by atoms with Gasteiger partial charge < -0.3 is 14.7 Å². The number of esters is 1. The number of carbonyl (C=O) groups excluding carboxylic acids is 1. The van der Waals surface area contributed by atoms with Crippen molar-refractivity contribution in [2.75, 3.05) is 13.7 Å². The highest BCUT2D eigenvalue weighted by molar-refractivity contribution is 5.70. The van der Waals surface area contributed by atoms with E-state index in [0.717, 1.165) is 0 Å². The SMILES string of the molecule is COC(=O)COc1nc(-c2ccccc2F)n(O)n1. The number of methoxy groups -OCH3 is 1. The van der Waals surface area contributed by atoms with Crippen molar-refractivity contribution in [1.29, 1.82) is 0 Å². The van der Waals surface area contributed by atoms with Gasteiger partial charge in [0.1, 0.15) is 5.82 Å². The molecule has 0 aliphatic heterocycles. The molecule has 0 saturated heterocycles. The zero-order valence-electron chi connectivity index (χ0n) is 9.91. The number of nitrogens with zero attached hydrogens (tertiary/aromatic N) is 3. The van der Waals surface area contributed by atoms with Gasteiger partial charge in [0, 0.05) is 0 Å². The van der Waals surface area contributed by atoms with Crippen LogP contribution in [0.5, 0.6) is 6.01 Å². The van der Waals surface area contributed by atoms with Crippen molar-refractivity contribution in [3.63, 3.8) is 0 Å². The monoisotopic (exact) mass is 267 g/mol. The van der Waals surface area contributed by atoms with Gasteiger partial charge in [-0.15, -0.1) is 0 Å². The molecule has 0 atom stereocenters. The Labute approximate surface area is 107 Å². The third-order valence-corrected chi connectivity index (χ3v) is 2.23. The van der Waals surface area contributed by atoms with E-state index >= 15 is 0 Å². The molecule has 0 radical (unpaired) electrons. The van der Waals surface area contributed by atoms with E-state index in [4.69, 9.17) is 4.74 Å². The fourth-order valence-corrected chi connectivity index (χ4v) is 1.34. The first kappa shape index (κ1) is 12.8. The molecule has 100 valence electrons. The van der Waals surface area contributed by atoms with Crippen molar-refractivity contribution in [2.24, 2.45) is 0 Å². The highest BCUT2D eigenvalue weighted by Crippen LogP contribution is 2.21. The van der Waals surface area contributed by atoms with Gasteiger partial charge in [-0.1, -0.05) is 22.1 Å². The van der Waals surface area contributed by atoms with E-state index < -0.39 is 18.4 Å². The van der Waals surface area contributed by atoms with Gasteiger partial charge in [-0.3, -0.25) is 0 Å². The molecule has 2 aromatic rings. The van der Waals surface area contributed by atoms with Crippen LogP contribution in [0, 0.1) is 5.82 Å². The molecule has 0 saturated carbocycles. The molecule has 0 amide bonds. The predicted molar refractivity (Wildman–Crippen MR) is 60.1 cm³/mol. The molecule has 1 N–H and O–H groups in total. The summed E-state index contributed by atoms with van der Waals surface area (Å²) in [6.07, 6.45) is 0. The highest BCUT2D eigenvalue weighted by atomic mass is 19.1. The van der Waals surface area contributed by atoms with Gasteiger partial charge in [0.25, 0.3) is 0 Å². The maximum atomic E-state index is 13.5. The van der Waals surface area contributed by atoms with Crippen LogP contribution >= 0.6 is 0 Å². The van der Waals surface area contributed by atoms with Crippen LogP contribution in [0.2, 0.25) is 0 Å². The lowest BCUT2D eigenvalue weighted by molar-refractivity contribution is -0.143. The highest BCUT2D eigenvalue weighted by Gasteiger charge is 2.16. The summed E-state index contributed by atoms with van der Waals surface area (Å²) in [5.74, 6) is -1.32. The Hall–Kier alpha value is -2.64. The standard InChI is InChI=1S/C11H10FN3O4/c1-18-9(16)6-19-11-13-10(15(17)14-11)7-4-2-3-5-8(7)12/h2-5,17H,6H2,1H3. The third kappa shape index (κ3) is 2.79. The Morgan fingerprint density at radius 2 is 2.21 bits per heavy atom. The zero-order valence-corrected chi connectivity index (χ0v) is 9.91. The average molecular weight is 267 g/mol. The van der Waals surface area contributed by atoms with E-state index in [1.807, 2.05) is 0 Å². The topological polar surface area (TPSA) is 86.5 Å². The van der Waals surface area contributed by atoms with Gasteiger partial charge in [0.2, 0.25) is 5.82 Å². The summed E-state index contributed by atoms with van der Waals surface area (Å²) < 4.78 is 22.8. The van der Waals surface area contributed by atoms with Crippen molar-refractivity contribution >= 4 is 5.97 Å². The van der Waals surface area contributed by atoms with Crippen LogP contribution in [-0.2, 0) is 9.53 Å². The lowest BCUT2D eigenvalue weighted by Crippen LogP contribution is -2.13. The van der Waals surface area contributed by atoms with Crippen LogP contribution < -0.4 is 4.74 Å². The van der Waals surface area contributed by atoms with E-state index in [1.165, 1.54) is 25.3 Å². The fourth-order valence-electron chi connectivity index (χ4n) is 1.34. The minimum absolute atomic E-state index is 0.0606. The normalized spacial score (nSPS) is 10.2. The first-order valence-electron chi connectivity index (χ1n) is 5.22. The summed E-state index contributed by atoms with van der Waals surface area (Å²) in [5.41, 5.74) is 0.0606. The van der Waals surface area contributed by atoms with Gasteiger partial charge >= 0.3 is 12.0 Å². The number of hydrogen-bond donors (Lipinski definition) is 1. The van der Waals surface area contributed by atoms with E-state index in [2.05, 4.69) is 14.8 Å². The summed E-state index contributed by atoms with van der Waals surface area (Å²) in [5, 5.41) is 13.0. The molecule has 0 spiro atoms. The quantitative estimate of drug-likeness (QED) is 0.653. The zero-order chi connectivity index (χ0) is 13.8. The summed E-state index contributed by atoms with van der Waals surface area (Å²) in [6, 6.07) is 5.48. The van der Waals surface area contributed by atoms with Gasteiger partial charge in [-0.2, -0.15) is 4.98 Å². The molecular formula is C11H10FN3O4. The van der Waals surface area contributed by atoms with Crippen LogP contribution in [0.1, 0.15) is 0 Å². The molecule has 1 aromatic carbocycles. The van der Waals surface area contributed by atoms with Crippen LogP contribution in [-0.4, -0.2) is 39.8 Å². The lowest BCUT2D eigenvalue weighted by atomic mass is 10.2. The number of halogens is 1. The first-order chi connectivity index (χ1) is 9.11. The predicted octanol–water partition coefficient (Wildman–Crippen LogP) is 0.873. The largest absolute Gasteiger partial charge is 0.466 e. The molecule has 7 nitrogen and oxygen atoms in total. The van der Waals surface area contributed by atoms with Crippen molar-refractivity contribution in [2.45, 2.75) is 0 Å². The third-order valence-electron chi connectivity index (χ3n) is 2.23. The fraction of sp³-hybridized carbons (Fsp3) is 0.182. The molecule has 0 fully saturated rings. The average Bonchev–Trinajstić information content (AvgIpc) is 2.77. The van der Waals surface area contributed by atoms with Crippen molar-refractivity contribution in [1.82, 2.24) is 14.9 Å². The van der Waals surface area contributed by atoms with Gasteiger partial charge in [0.05, 0.1) is 12.7 Å². The van der Waals surface area contributed by atoms with Gasteiger partial charge in [0.15, 0.2) is 6.61 Å². The summed E-state index contributed by atoms with van der Waals surface area (Å²) in [7, 11) is 1.20.